The van der Waals surface area contributed by atoms with Gasteiger partial charge in [-0.1, -0.05) is 0 Å². The number of nitrogens with one attached hydrogen (secondary N) is 1. The maximum Gasteiger partial charge on any atom is 0.353 e. The van der Waals surface area contributed by atoms with Gasteiger partial charge < -0.3 is 23.6 Å². The number of rotatable bonds is 8. The number of methoxy groups -OCH3 is 1. The fraction of sp³-hybridized carbons (Fsp3) is 0.600. The number of hydrogen-bond acceptors (Lipinski definition) is 8. The number of aromatic amines is 1. The molecule has 1 unspecified atom stereocenters. The number of aliphatic hydroxyl groups excluding tert-OH is 1. The van der Waals surface area contributed by atoms with Crippen molar-refractivity contribution in [3.8, 4) is 0 Å². The summed E-state index contributed by atoms with van der Waals surface area (Å²) in [5.41, 5.74) is -1.25. The summed E-state index contributed by atoms with van der Waals surface area (Å²) in [4.78, 5) is 25.3. The van der Waals surface area contributed by atoms with Gasteiger partial charge in [0, 0.05) is 25.2 Å². The molecular weight excluding hydrogens is 367 g/mol. The predicted octanol–water partition coefficient (Wildman–Crippen LogP) is 0.590. The standard InChI is InChI=1S/C15H23N2O8P/c1-4-23-26(21,24-5-2)9-7-10-12(19)13(22-3)14(25-10)17-8-6-11(18)16-15(17)20/h6-10,12-14,19H,4-5H2,1-3H3,(H,16,18,20)/b9-7+/t10-,12?,13+,14-/m1/s1. The second-order valence-corrected chi connectivity index (χ2v) is 7.31. The van der Waals surface area contributed by atoms with Crippen LogP contribution in [0, 0.1) is 0 Å². The highest BCUT2D eigenvalue weighted by Crippen LogP contribution is 2.50. The smallest absolute Gasteiger partial charge is 0.353 e. The molecule has 0 saturated carbocycles. The van der Waals surface area contributed by atoms with Gasteiger partial charge in [0.2, 0.25) is 0 Å². The molecule has 0 radical (unpaired) electrons. The maximum absolute atomic E-state index is 12.5. The molecule has 0 spiro atoms. The van der Waals surface area contributed by atoms with Crippen molar-refractivity contribution in [1.82, 2.24) is 9.55 Å². The van der Waals surface area contributed by atoms with Gasteiger partial charge in [-0.15, -0.1) is 0 Å². The molecule has 2 rings (SSSR count). The predicted molar refractivity (Wildman–Crippen MR) is 92.0 cm³/mol. The van der Waals surface area contributed by atoms with Crippen LogP contribution < -0.4 is 11.2 Å². The van der Waals surface area contributed by atoms with Crippen molar-refractivity contribution in [2.75, 3.05) is 20.3 Å². The van der Waals surface area contributed by atoms with Crippen LogP contribution in [-0.4, -0.2) is 53.3 Å². The van der Waals surface area contributed by atoms with Crippen LogP contribution in [0.2, 0.25) is 0 Å². The fourth-order valence-electron chi connectivity index (χ4n) is 2.61. The first-order valence-corrected chi connectivity index (χ1v) is 9.72. The zero-order valence-corrected chi connectivity index (χ0v) is 15.6. The average molecular weight is 390 g/mol. The van der Waals surface area contributed by atoms with Crippen molar-refractivity contribution in [3.05, 3.63) is 45.0 Å². The number of aliphatic hydroxyl groups is 1. The molecule has 1 aliphatic heterocycles. The molecule has 0 aromatic carbocycles. The zero-order valence-electron chi connectivity index (χ0n) is 14.7. The third-order valence-electron chi connectivity index (χ3n) is 3.72. The first kappa shape index (κ1) is 20.8. The van der Waals surface area contributed by atoms with Gasteiger partial charge in [-0.25, -0.2) is 4.79 Å². The molecule has 10 nitrogen and oxygen atoms in total. The van der Waals surface area contributed by atoms with E-state index in [2.05, 4.69) is 4.98 Å². The average Bonchev–Trinajstić information content (AvgIpc) is 2.89. The van der Waals surface area contributed by atoms with Gasteiger partial charge in [0.1, 0.15) is 18.3 Å². The normalized spacial score (nSPS) is 26.6. The second kappa shape index (κ2) is 8.90. The first-order valence-electron chi connectivity index (χ1n) is 8.11. The number of ether oxygens (including phenoxy) is 2. The lowest BCUT2D eigenvalue weighted by atomic mass is 10.1. The minimum absolute atomic E-state index is 0.186. The highest BCUT2D eigenvalue weighted by Gasteiger charge is 2.44. The lowest BCUT2D eigenvalue weighted by Crippen LogP contribution is -2.38. The van der Waals surface area contributed by atoms with E-state index in [1.165, 1.54) is 25.2 Å². The Kier molecular flexibility index (Phi) is 7.10. The number of hydrogen-bond donors (Lipinski definition) is 2. The van der Waals surface area contributed by atoms with E-state index < -0.39 is 43.4 Å². The largest absolute Gasteiger partial charge is 0.387 e. The molecule has 146 valence electrons. The molecule has 1 aromatic rings. The molecule has 0 aliphatic carbocycles. The van der Waals surface area contributed by atoms with E-state index in [1.54, 1.807) is 13.8 Å². The van der Waals surface area contributed by atoms with Gasteiger partial charge in [-0.05, 0) is 19.9 Å². The molecule has 2 heterocycles. The van der Waals surface area contributed by atoms with Crippen molar-refractivity contribution < 1.29 is 28.2 Å². The van der Waals surface area contributed by atoms with E-state index in [9.17, 15) is 19.3 Å². The molecule has 1 aliphatic rings. The Morgan fingerprint density at radius 2 is 2.00 bits per heavy atom. The highest BCUT2D eigenvalue weighted by atomic mass is 31.2. The van der Waals surface area contributed by atoms with Crippen LogP contribution in [0.1, 0.15) is 20.1 Å². The van der Waals surface area contributed by atoms with Gasteiger partial charge in [0.15, 0.2) is 6.23 Å². The van der Waals surface area contributed by atoms with Gasteiger partial charge in [-0.3, -0.25) is 18.9 Å². The van der Waals surface area contributed by atoms with Crippen LogP contribution in [0.4, 0.5) is 0 Å². The second-order valence-electron chi connectivity index (χ2n) is 5.42. The summed E-state index contributed by atoms with van der Waals surface area (Å²) in [6.07, 6.45) is -1.31. The Balaban J connectivity index is 2.27. The summed E-state index contributed by atoms with van der Waals surface area (Å²) < 4.78 is 34.8. The SMILES string of the molecule is CCOP(=O)(/C=C/[C@H]1O[C@@H](n2ccc(=O)[nH]c2=O)[C@@H](OC)C1O)OCC. The molecule has 0 amide bonds. The van der Waals surface area contributed by atoms with E-state index in [1.807, 2.05) is 0 Å². The lowest BCUT2D eigenvalue weighted by Gasteiger charge is -2.19. The third kappa shape index (κ3) is 4.59. The number of nitrogens with zero attached hydrogens (tertiary/aromatic N) is 1. The Labute approximate surface area is 149 Å². The Morgan fingerprint density at radius 1 is 1.35 bits per heavy atom. The van der Waals surface area contributed by atoms with Gasteiger partial charge in [0.05, 0.1) is 13.2 Å². The Hall–Kier alpha value is -1.55. The van der Waals surface area contributed by atoms with Gasteiger partial charge in [0.25, 0.3) is 5.56 Å². The van der Waals surface area contributed by atoms with Gasteiger partial charge in [-0.2, -0.15) is 0 Å². The minimum atomic E-state index is -3.46. The molecule has 1 aromatic heterocycles. The van der Waals surface area contributed by atoms with Gasteiger partial charge >= 0.3 is 13.3 Å². The lowest BCUT2D eigenvalue weighted by molar-refractivity contribution is -0.0491. The van der Waals surface area contributed by atoms with Crippen molar-refractivity contribution >= 4 is 7.60 Å². The molecule has 1 saturated heterocycles. The fourth-order valence-corrected chi connectivity index (χ4v) is 3.96. The Bertz CT molecular complexity index is 778. The van der Waals surface area contributed by atoms with Crippen LogP contribution in [-0.2, 0) is 23.1 Å². The molecule has 2 N–H and O–H groups in total. The van der Waals surface area contributed by atoms with E-state index in [0.717, 1.165) is 10.6 Å². The summed E-state index contributed by atoms with van der Waals surface area (Å²) >= 11 is 0. The van der Waals surface area contributed by atoms with E-state index in [0.29, 0.717) is 0 Å². The summed E-state index contributed by atoms with van der Waals surface area (Å²) in [6, 6.07) is 1.16. The summed E-state index contributed by atoms with van der Waals surface area (Å²) in [5, 5.41) is 10.4. The zero-order chi connectivity index (χ0) is 19.3. The van der Waals surface area contributed by atoms with Crippen LogP contribution >= 0.6 is 7.60 Å². The van der Waals surface area contributed by atoms with Crippen LogP contribution in [0.15, 0.2) is 33.7 Å². The Morgan fingerprint density at radius 3 is 2.54 bits per heavy atom. The molecule has 1 fully saturated rings. The summed E-state index contributed by atoms with van der Waals surface area (Å²) in [7, 11) is -2.10. The minimum Gasteiger partial charge on any atom is -0.387 e. The van der Waals surface area contributed by atoms with E-state index in [4.69, 9.17) is 18.5 Å². The molecule has 26 heavy (non-hydrogen) atoms. The summed E-state index contributed by atoms with van der Waals surface area (Å²) in [5.74, 6) is 1.22. The molecular formula is C15H23N2O8P. The van der Waals surface area contributed by atoms with Crippen LogP contribution in [0.5, 0.6) is 0 Å². The van der Waals surface area contributed by atoms with E-state index >= 15 is 0 Å². The molecule has 11 heteroatoms. The first-order chi connectivity index (χ1) is 12.3. The van der Waals surface area contributed by atoms with Crippen LogP contribution in [0.3, 0.4) is 0 Å². The highest BCUT2D eigenvalue weighted by molar-refractivity contribution is 7.57. The van der Waals surface area contributed by atoms with Crippen LogP contribution in [0.25, 0.3) is 0 Å². The van der Waals surface area contributed by atoms with Crippen molar-refractivity contribution in [1.29, 1.82) is 0 Å². The topological polar surface area (TPSA) is 129 Å². The molecule has 0 bridgehead atoms. The van der Waals surface area contributed by atoms with Crippen molar-refractivity contribution in [2.24, 2.45) is 0 Å². The molecule has 4 atom stereocenters. The number of H-pyrrole nitrogens is 1. The number of aromatic nitrogens is 2. The monoisotopic (exact) mass is 390 g/mol. The summed E-state index contributed by atoms with van der Waals surface area (Å²) in [6.45, 7) is 3.73. The third-order valence-corrected chi connectivity index (χ3v) is 5.50. The maximum atomic E-state index is 12.5. The van der Waals surface area contributed by atoms with E-state index in [-0.39, 0.29) is 13.2 Å². The van der Waals surface area contributed by atoms with Crippen molar-refractivity contribution in [3.63, 3.8) is 0 Å². The quantitative estimate of drug-likeness (QED) is 0.617. The van der Waals surface area contributed by atoms with Crippen molar-refractivity contribution in [2.45, 2.75) is 38.4 Å².